The van der Waals surface area contributed by atoms with Crippen LogP contribution >= 0.6 is 0 Å². The van der Waals surface area contributed by atoms with Gasteiger partial charge in [0.05, 0.1) is 11.4 Å². The van der Waals surface area contributed by atoms with Gasteiger partial charge in [-0.05, 0) is 29.7 Å². The Labute approximate surface area is 123 Å². The minimum absolute atomic E-state index is 0.0207. The maximum Gasteiger partial charge on any atom is 0.240 e. The van der Waals surface area contributed by atoms with Gasteiger partial charge in [0.15, 0.2) is 5.82 Å². The second-order valence-corrected chi connectivity index (χ2v) is 6.31. The monoisotopic (exact) mass is 310 g/mol. The van der Waals surface area contributed by atoms with E-state index in [1.807, 2.05) is 6.92 Å². The summed E-state index contributed by atoms with van der Waals surface area (Å²) in [5.41, 5.74) is 7.53. The minimum Gasteiger partial charge on any atom is -0.340 e. The van der Waals surface area contributed by atoms with E-state index in [4.69, 9.17) is 10.3 Å². The van der Waals surface area contributed by atoms with Crippen molar-refractivity contribution in [1.82, 2.24) is 14.9 Å². The van der Waals surface area contributed by atoms with E-state index in [0.717, 1.165) is 17.5 Å². The van der Waals surface area contributed by atoms with Gasteiger partial charge in [0, 0.05) is 13.5 Å². The summed E-state index contributed by atoms with van der Waals surface area (Å²) in [6.45, 7) is 3.92. The third kappa shape index (κ3) is 3.66. The highest BCUT2D eigenvalue weighted by Crippen LogP contribution is 2.16. The molecule has 0 amide bonds. The molecule has 1 aromatic heterocycles. The quantitative estimate of drug-likeness (QED) is 0.819. The van der Waals surface area contributed by atoms with Crippen LogP contribution in [0.15, 0.2) is 27.6 Å². The van der Waals surface area contributed by atoms with Crippen LogP contribution in [-0.4, -0.2) is 18.6 Å². The van der Waals surface area contributed by atoms with Crippen LogP contribution in [0, 0.1) is 6.92 Å². The van der Waals surface area contributed by atoms with Crippen LogP contribution in [0.1, 0.15) is 29.8 Å². The molecule has 114 valence electrons. The van der Waals surface area contributed by atoms with Gasteiger partial charge in [-0.15, -0.1) is 0 Å². The van der Waals surface area contributed by atoms with Crippen molar-refractivity contribution in [3.05, 3.63) is 41.0 Å². The third-order valence-electron chi connectivity index (χ3n) is 3.08. The molecule has 0 aliphatic carbocycles. The van der Waals surface area contributed by atoms with Gasteiger partial charge < -0.3 is 10.3 Å². The first-order valence-electron chi connectivity index (χ1n) is 6.57. The third-order valence-corrected chi connectivity index (χ3v) is 4.48. The molecule has 3 N–H and O–H groups in total. The fourth-order valence-corrected chi connectivity index (χ4v) is 2.99. The Hall–Kier alpha value is -1.77. The predicted molar refractivity (Wildman–Crippen MR) is 76.8 cm³/mol. The first-order valence-corrected chi connectivity index (χ1v) is 8.05. The van der Waals surface area contributed by atoms with E-state index in [2.05, 4.69) is 14.9 Å². The van der Waals surface area contributed by atoms with Gasteiger partial charge in [-0.2, -0.15) is 4.98 Å². The number of rotatable bonds is 6. The number of aryl methyl sites for hydroxylation is 2. The van der Waals surface area contributed by atoms with Crippen LogP contribution in [0.25, 0.3) is 0 Å². The Bertz CT molecular complexity index is 725. The first kappa shape index (κ1) is 15.6. The second-order valence-electron chi connectivity index (χ2n) is 4.54. The number of hydrogen-bond acceptors (Lipinski definition) is 6. The molecule has 2 rings (SSSR count). The fourth-order valence-electron chi connectivity index (χ4n) is 1.96. The van der Waals surface area contributed by atoms with Crippen molar-refractivity contribution < 1.29 is 12.9 Å². The van der Waals surface area contributed by atoms with E-state index in [9.17, 15) is 8.42 Å². The molecule has 0 unspecified atom stereocenters. The van der Waals surface area contributed by atoms with Crippen LogP contribution in [0.3, 0.4) is 0 Å². The molecule has 0 saturated heterocycles. The maximum absolute atomic E-state index is 12.2. The number of benzene rings is 1. The van der Waals surface area contributed by atoms with Crippen molar-refractivity contribution in [1.29, 1.82) is 0 Å². The molecule has 0 atom stereocenters. The Balaban J connectivity index is 2.19. The van der Waals surface area contributed by atoms with Gasteiger partial charge in [-0.3, -0.25) is 0 Å². The summed E-state index contributed by atoms with van der Waals surface area (Å²) in [5.74, 6) is 0.683. The minimum atomic E-state index is -3.63. The van der Waals surface area contributed by atoms with Gasteiger partial charge in [-0.25, -0.2) is 13.1 Å². The molecular formula is C13H18N4O3S. The van der Waals surface area contributed by atoms with Gasteiger partial charge in [-0.1, -0.05) is 18.1 Å². The van der Waals surface area contributed by atoms with E-state index in [1.54, 1.807) is 25.1 Å². The molecule has 0 radical (unpaired) electrons. The zero-order valence-electron chi connectivity index (χ0n) is 12.0. The molecular weight excluding hydrogens is 292 g/mol. The van der Waals surface area contributed by atoms with Gasteiger partial charge in [0.2, 0.25) is 15.9 Å². The summed E-state index contributed by atoms with van der Waals surface area (Å²) in [4.78, 5) is 4.12. The lowest BCUT2D eigenvalue weighted by Gasteiger charge is -2.10. The number of nitrogens with two attached hydrogens (primary N) is 1. The Morgan fingerprint density at radius 1 is 1.33 bits per heavy atom. The fraction of sp³-hybridized carbons (Fsp3) is 0.385. The van der Waals surface area contributed by atoms with E-state index >= 15 is 0 Å². The van der Waals surface area contributed by atoms with Crippen molar-refractivity contribution in [2.75, 3.05) is 0 Å². The van der Waals surface area contributed by atoms with E-state index in [1.165, 1.54) is 0 Å². The van der Waals surface area contributed by atoms with Gasteiger partial charge in [0.1, 0.15) is 0 Å². The molecule has 1 heterocycles. The lowest BCUT2D eigenvalue weighted by molar-refractivity contribution is 0.387. The lowest BCUT2D eigenvalue weighted by atomic mass is 10.1. The second kappa shape index (κ2) is 6.33. The molecule has 7 nitrogen and oxygen atoms in total. The molecule has 21 heavy (non-hydrogen) atoms. The highest BCUT2D eigenvalue weighted by molar-refractivity contribution is 7.89. The van der Waals surface area contributed by atoms with Crippen molar-refractivity contribution in [2.45, 2.75) is 38.3 Å². The highest BCUT2D eigenvalue weighted by atomic mass is 32.2. The Morgan fingerprint density at radius 3 is 2.67 bits per heavy atom. The maximum atomic E-state index is 12.2. The number of aromatic nitrogens is 2. The molecule has 0 saturated carbocycles. The molecule has 0 fully saturated rings. The van der Waals surface area contributed by atoms with Gasteiger partial charge >= 0.3 is 0 Å². The summed E-state index contributed by atoms with van der Waals surface area (Å²) < 4.78 is 31.7. The van der Waals surface area contributed by atoms with Crippen molar-refractivity contribution in [2.24, 2.45) is 5.73 Å². The standard InChI is InChI=1S/C13H18N4O3S/c1-3-10-4-5-12(6-11(10)7-14)21(18,19)15-8-13-16-9(2)20-17-13/h4-6,15H,3,7-8,14H2,1-2H3. The van der Waals surface area contributed by atoms with E-state index in [-0.39, 0.29) is 11.4 Å². The average Bonchev–Trinajstić information content (AvgIpc) is 2.90. The Kier molecular flexibility index (Phi) is 4.71. The SMILES string of the molecule is CCc1ccc(S(=O)(=O)NCc2noc(C)n2)cc1CN. The molecule has 8 heteroatoms. The molecule has 0 spiro atoms. The van der Waals surface area contributed by atoms with Crippen LogP contribution in [0.4, 0.5) is 0 Å². The van der Waals surface area contributed by atoms with Crippen molar-refractivity contribution in [3.63, 3.8) is 0 Å². The molecule has 0 bridgehead atoms. The summed E-state index contributed by atoms with van der Waals surface area (Å²) in [6, 6.07) is 4.96. The first-order chi connectivity index (χ1) is 9.96. The van der Waals surface area contributed by atoms with E-state index in [0.29, 0.717) is 18.3 Å². The number of nitrogens with zero attached hydrogens (tertiary/aromatic N) is 2. The van der Waals surface area contributed by atoms with Crippen LogP contribution in [0.2, 0.25) is 0 Å². The van der Waals surface area contributed by atoms with Crippen LogP contribution < -0.4 is 10.5 Å². The number of nitrogens with one attached hydrogen (secondary N) is 1. The molecule has 0 aliphatic heterocycles. The highest BCUT2D eigenvalue weighted by Gasteiger charge is 2.16. The summed E-state index contributed by atoms with van der Waals surface area (Å²) in [6.07, 6.45) is 0.808. The number of sulfonamides is 1. The van der Waals surface area contributed by atoms with Crippen molar-refractivity contribution >= 4 is 10.0 Å². The molecule has 0 aliphatic rings. The summed E-state index contributed by atoms with van der Waals surface area (Å²) >= 11 is 0. The Morgan fingerprint density at radius 2 is 2.10 bits per heavy atom. The number of hydrogen-bond donors (Lipinski definition) is 2. The topological polar surface area (TPSA) is 111 Å². The predicted octanol–water partition coefficient (Wildman–Crippen LogP) is 0.878. The summed E-state index contributed by atoms with van der Waals surface area (Å²) in [7, 11) is -3.63. The van der Waals surface area contributed by atoms with E-state index < -0.39 is 10.0 Å². The smallest absolute Gasteiger partial charge is 0.240 e. The molecule has 1 aromatic carbocycles. The normalized spacial score (nSPS) is 11.8. The molecule has 2 aromatic rings. The van der Waals surface area contributed by atoms with Crippen molar-refractivity contribution in [3.8, 4) is 0 Å². The van der Waals surface area contributed by atoms with Crippen LogP contribution in [0.5, 0.6) is 0 Å². The largest absolute Gasteiger partial charge is 0.340 e. The van der Waals surface area contributed by atoms with Gasteiger partial charge in [0.25, 0.3) is 0 Å². The summed E-state index contributed by atoms with van der Waals surface area (Å²) in [5, 5.41) is 3.64. The van der Waals surface area contributed by atoms with Crippen LogP contribution in [-0.2, 0) is 29.5 Å². The zero-order valence-corrected chi connectivity index (χ0v) is 12.8. The average molecular weight is 310 g/mol. The zero-order chi connectivity index (χ0) is 15.5. The lowest BCUT2D eigenvalue weighted by Crippen LogP contribution is -2.24.